The molecule has 0 aromatic carbocycles. The van der Waals surface area contributed by atoms with E-state index in [4.69, 9.17) is 0 Å². The second-order valence-electron chi connectivity index (χ2n) is 7.64. The van der Waals surface area contributed by atoms with Gasteiger partial charge in [0, 0.05) is 32.1 Å². The molecule has 1 aromatic heterocycles. The van der Waals surface area contributed by atoms with Gasteiger partial charge in [0.25, 0.3) is 0 Å². The van der Waals surface area contributed by atoms with E-state index < -0.39 is 12.1 Å². The van der Waals surface area contributed by atoms with Crippen LogP contribution in [0.5, 0.6) is 0 Å². The number of hydrogen-bond acceptors (Lipinski definition) is 3. The number of aryl methyl sites for hydroxylation is 2. The molecule has 0 amide bonds. The fraction of sp³-hybridized carbons (Fsp3) is 0.833. The van der Waals surface area contributed by atoms with Gasteiger partial charge < -0.3 is 15.2 Å². The van der Waals surface area contributed by atoms with Crippen molar-refractivity contribution in [1.82, 2.24) is 25.4 Å². The first kappa shape index (κ1) is 23.2. The van der Waals surface area contributed by atoms with Gasteiger partial charge in [0.15, 0.2) is 5.96 Å². The Morgan fingerprint density at radius 2 is 2.04 bits per heavy atom. The lowest BCUT2D eigenvalue weighted by molar-refractivity contribution is -0.183. The zero-order chi connectivity index (χ0) is 19.4. The molecule has 0 spiro atoms. The number of nitrogens with zero attached hydrogens (tertiary/aromatic N) is 4. The lowest BCUT2D eigenvalue weighted by Crippen LogP contribution is -2.47. The predicted octanol–water partition coefficient (Wildman–Crippen LogP) is 3.44. The molecule has 160 valence electrons. The number of aromatic nitrogens is 3. The summed E-state index contributed by atoms with van der Waals surface area (Å²) >= 11 is 0. The fourth-order valence-electron chi connectivity index (χ4n) is 4.03. The summed E-state index contributed by atoms with van der Waals surface area (Å²) in [7, 11) is 0. The Balaban J connectivity index is 0.00000280. The Hall–Kier alpha value is -1.07. The Bertz CT molecular complexity index is 660. The molecule has 0 saturated heterocycles. The van der Waals surface area contributed by atoms with Gasteiger partial charge in [0.05, 0.1) is 5.92 Å². The molecular weight excluding hydrogens is 484 g/mol. The topological polar surface area (TPSA) is 67.1 Å². The maximum Gasteiger partial charge on any atom is 0.391 e. The molecular formula is C18H30F3IN6. The van der Waals surface area contributed by atoms with Crippen LogP contribution in [-0.2, 0) is 13.0 Å². The third-order valence-electron chi connectivity index (χ3n) is 5.56. The highest BCUT2D eigenvalue weighted by atomic mass is 127. The third kappa shape index (κ3) is 5.96. The van der Waals surface area contributed by atoms with Gasteiger partial charge in [0.1, 0.15) is 11.6 Å². The Morgan fingerprint density at radius 1 is 1.25 bits per heavy atom. The highest BCUT2D eigenvalue weighted by Crippen LogP contribution is 2.37. The van der Waals surface area contributed by atoms with Crippen molar-refractivity contribution in [2.24, 2.45) is 16.8 Å². The molecule has 1 saturated carbocycles. The second-order valence-corrected chi connectivity index (χ2v) is 7.64. The van der Waals surface area contributed by atoms with E-state index in [9.17, 15) is 13.2 Å². The van der Waals surface area contributed by atoms with Crippen LogP contribution in [0.1, 0.15) is 50.7 Å². The summed E-state index contributed by atoms with van der Waals surface area (Å²) < 4.78 is 41.2. The summed E-state index contributed by atoms with van der Waals surface area (Å²) in [5, 5.41) is 14.7. The van der Waals surface area contributed by atoms with Crippen LogP contribution in [-0.4, -0.2) is 46.0 Å². The molecule has 0 radical (unpaired) electrons. The van der Waals surface area contributed by atoms with Crippen LogP contribution in [0.3, 0.4) is 0 Å². The quantitative estimate of drug-likeness (QED) is 0.367. The van der Waals surface area contributed by atoms with Crippen molar-refractivity contribution >= 4 is 29.9 Å². The van der Waals surface area contributed by atoms with E-state index in [0.29, 0.717) is 31.4 Å². The molecule has 2 N–H and O–H groups in total. The van der Waals surface area contributed by atoms with E-state index >= 15 is 0 Å². The van der Waals surface area contributed by atoms with Crippen molar-refractivity contribution in [3.63, 3.8) is 0 Å². The molecule has 1 aliphatic heterocycles. The van der Waals surface area contributed by atoms with Gasteiger partial charge in [0.2, 0.25) is 0 Å². The Morgan fingerprint density at radius 3 is 2.75 bits per heavy atom. The van der Waals surface area contributed by atoms with Crippen LogP contribution < -0.4 is 10.6 Å². The van der Waals surface area contributed by atoms with E-state index in [1.165, 1.54) is 0 Å². The summed E-state index contributed by atoms with van der Waals surface area (Å²) in [6.07, 6.45) is -0.504. The molecule has 3 unspecified atom stereocenters. The Kier molecular flexibility index (Phi) is 8.38. The van der Waals surface area contributed by atoms with Crippen LogP contribution in [0.2, 0.25) is 0 Å². The average molecular weight is 514 g/mol. The van der Waals surface area contributed by atoms with Gasteiger partial charge in [-0.15, -0.1) is 34.2 Å². The summed E-state index contributed by atoms with van der Waals surface area (Å²) in [4.78, 5) is 4.66. The summed E-state index contributed by atoms with van der Waals surface area (Å²) in [5.74, 6) is 1.75. The molecule has 1 aliphatic carbocycles. The number of aliphatic imine (C=N–C) groups is 1. The second kappa shape index (κ2) is 10.1. The van der Waals surface area contributed by atoms with Crippen molar-refractivity contribution in [3.05, 3.63) is 11.6 Å². The normalized spacial score (nSPS) is 25.6. The smallest absolute Gasteiger partial charge is 0.357 e. The van der Waals surface area contributed by atoms with Crippen molar-refractivity contribution < 1.29 is 13.2 Å². The number of halogens is 4. The zero-order valence-electron chi connectivity index (χ0n) is 16.4. The Labute approximate surface area is 181 Å². The minimum atomic E-state index is -4.10. The molecule has 6 nitrogen and oxygen atoms in total. The van der Waals surface area contributed by atoms with E-state index in [1.54, 1.807) is 0 Å². The number of hydrogen-bond donors (Lipinski definition) is 2. The molecule has 3 rings (SSSR count). The molecule has 10 heteroatoms. The van der Waals surface area contributed by atoms with Crippen LogP contribution >= 0.6 is 24.0 Å². The number of rotatable bonds is 4. The van der Waals surface area contributed by atoms with Gasteiger partial charge in [-0.3, -0.25) is 4.99 Å². The first-order valence-corrected chi connectivity index (χ1v) is 9.87. The molecule has 3 atom stereocenters. The first-order valence-electron chi connectivity index (χ1n) is 9.87. The van der Waals surface area contributed by atoms with Crippen molar-refractivity contribution in [2.45, 2.75) is 71.1 Å². The van der Waals surface area contributed by atoms with Crippen molar-refractivity contribution in [1.29, 1.82) is 0 Å². The largest absolute Gasteiger partial charge is 0.391 e. The van der Waals surface area contributed by atoms with Crippen LogP contribution in [0.25, 0.3) is 0 Å². The fourth-order valence-corrected chi connectivity index (χ4v) is 4.03. The lowest BCUT2D eigenvalue weighted by Gasteiger charge is -2.32. The maximum absolute atomic E-state index is 13.0. The monoisotopic (exact) mass is 514 g/mol. The highest BCUT2D eigenvalue weighted by molar-refractivity contribution is 14.0. The summed E-state index contributed by atoms with van der Waals surface area (Å²) in [6.45, 7) is 6.08. The van der Waals surface area contributed by atoms with Gasteiger partial charge in [-0.05, 0) is 45.4 Å². The molecule has 0 bridgehead atoms. The van der Waals surface area contributed by atoms with E-state index in [1.807, 2.05) is 13.8 Å². The highest BCUT2D eigenvalue weighted by Gasteiger charge is 2.42. The standard InChI is InChI=1S/C18H29F3N6.HI/c1-3-22-17(24-15-6-4-5-14(9-15)18(19,20)21)23-10-13-7-8-16-26-25-12(2)27(16)11-13;/h13-15H,3-11H2,1-2H3,(H2,22,23,24);1H. The van der Waals surface area contributed by atoms with Crippen molar-refractivity contribution in [2.75, 3.05) is 13.1 Å². The number of fused-ring (bicyclic) bond motifs is 1. The molecule has 2 heterocycles. The van der Waals surface area contributed by atoms with Crippen LogP contribution in [0.4, 0.5) is 13.2 Å². The van der Waals surface area contributed by atoms with E-state index in [-0.39, 0.29) is 42.9 Å². The van der Waals surface area contributed by atoms with Crippen LogP contribution in [0, 0.1) is 18.8 Å². The first-order chi connectivity index (χ1) is 12.9. The van der Waals surface area contributed by atoms with Gasteiger partial charge >= 0.3 is 6.18 Å². The van der Waals surface area contributed by atoms with Gasteiger partial charge in [-0.1, -0.05) is 6.42 Å². The minimum Gasteiger partial charge on any atom is -0.357 e. The third-order valence-corrected chi connectivity index (χ3v) is 5.56. The molecule has 2 aliphatic rings. The van der Waals surface area contributed by atoms with Crippen LogP contribution in [0.15, 0.2) is 4.99 Å². The average Bonchev–Trinajstić information content (AvgIpc) is 3.00. The lowest BCUT2D eigenvalue weighted by atomic mass is 9.85. The van der Waals surface area contributed by atoms with Crippen molar-refractivity contribution in [3.8, 4) is 0 Å². The van der Waals surface area contributed by atoms with E-state index in [2.05, 4.69) is 30.4 Å². The number of guanidine groups is 1. The summed E-state index contributed by atoms with van der Waals surface area (Å²) in [5.41, 5.74) is 0. The molecule has 28 heavy (non-hydrogen) atoms. The summed E-state index contributed by atoms with van der Waals surface area (Å²) in [6, 6.07) is -0.179. The maximum atomic E-state index is 13.0. The van der Waals surface area contributed by atoms with Gasteiger partial charge in [-0.25, -0.2) is 0 Å². The minimum absolute atomic E-state index is 0. The molecule has 1 fully saturated rings. The number of nitrogens with one attached hydrogen (secondary N) is 2. The number of alkyl halides is 3. The molecule has 1 aromatic rings. The van der Waals surface area contributed by atoms with E-state index in [0.717, 1.165) is 37.5 Å². The SMILES string of the molecule is CCNC(=NCC1CCc2nnc(C)n2C1)NC1CCCC(C(F)(F)F)C1.I. The van der Waals surface area contributed by atoms with Gasteiger partial charge in [-0.2, -0.15) is 13.2 Å². The predicted molar refractivity (Wildman–Crippen MR) is 113 cm³/mol. The zero-order valence-corrected chi connectivity index (χ0v) is 18.8.